The van der Waals surface area contributed by atoms with Gasteiger partial charge in [0.05, 0.1) is 6.07 Å². The quantitative estimate of drug-likeness (QED) is 0.934. The minimum absolute atomic E-state index is 0.0489. The van der Waals surface area contributed by atoms with Crippen molar-refractivity contribution in [1.82, 2.24) is 15.5 Å². The second kappa shape index (κ2) is 5.75. The van der Waals surface area contributed by atoms with Crippen LogP contribution in [0.2, 0.25) is 0 Å². The highest BCUT2D eigenvalue weighted by Crippen LogP contribution is 2.40. The highest BCUT2D eigenvalue weighted by Gasteiger charge is 2.41. The number of hydrogen-bond acceptors (Lipinski definition) is 5. The van der Waals surface area contributed by atoms with Crippen molar-refractivity contribution in [2.24, 2.45) is 0 Å². The van der Waals surface area contributed by atoms with Crippen molar-refractivity contribution >= 4 is 5.91 Å². The Balaban J connectivity index is 1.54. The van der Waals surface area contributed by atoms with Crippen LogP contribution in [0, 0.1) is 11.3 Å². The van der Waals surface area contributed by atoms with E-state index in [9.17, 15) is 10.1 Å². The molecule has 2 fully saturated rings. The van der Waals surface area contributed by atoms with Gasteiger partial charge in [0, 0.05) is 17.2 Å². The Hall–Kier alpha value is -2.68. The van der Waals surface area contributed by atoms with E-state index in [-0.39, 0.29) is 5.91 Å². The van der Waals surface area contributed by atoms with Crippen LogP contribution in [-0.4, -0.2) is 22.1 Å². The number of benzene rings is 1. The average Bonchev–Trinajstić information content (AvgIpc) is 3.11. The van der Waals surface area contributed by atoms with Crippen LogP contribution in [0.3, 0.4) is 0 Å². The largest absolute Gasteiger partial charge is 0.349 e. The van der Waals surface area contributed by atoms with Crippen molar-refractivity contribution in [2.45, 2.75) is 50.0 Å². The average molecular weight is 322 g/mol. The fourth-order valence-corrected chi connectivity index (χ4v) is 3.15. The highest BCUT2D eigenvalue weighted by atomic mass is 16.5. The number of carbonyl (C=O) groups is 1. The number of hydrogen-bond donors (Lipinski definition) is 1. The second-order valence-electron chi connectivity index (χ2n) is 6.65. The molecule has 0 aliphatic heterocycles. The van der Waals surface area contributed by atoms with E-state index in [0.29, 0.717) is 23.3 Å². The van der Waals surface area contributed by atoms with Crippen LogP contribution >= 0.6 is 0 Å². The van der Waals surface area contributed by atoms with Gasteiger partial charge < -0.3 is 9.84 Å². The summed E-state index contributed by atoms with van der Waals surface area (Å²) in [7, 11) is 0. The normalized spacial score (nSPS) is 19.0. The first kappa shape index (κ1) is 14.9. The Kier molecular flexibility index (Phi) is 3.57. The zero-order valence-electron chi connectivity index (χ0n) is 13.3. The van der Waals surface area contributed by atoms with E-state index in [0.717, 1.165) is 44.1 Å². The van der Waals surface area contributed by atoms with Gasteiger partial charge in [-0.3, -0.25) is 4.79 Å². The number of aromatic nitrogens is 2. The summed E-state index contributed by atoms with van der Waals surface area (Å²) in [5, 5.41) is 16.5. The molecule has 6 heteroatoms. The van der Waals surface area contributed by atoms with Crippen molar-refractivity contribution in [3.63, 3.8) is 0 Å². The van der Waals surface area contributed by atoms with Crippen LogP contribution in [0.5, 0.6) is 0 Å². The molecule has 2 aliphatic rings. The van der Waals surface area contributed by atoms with Gasteiger partial charge in [-0.2, -0.15) is 10.2 Å². The van der Waals surface area contributed by atoms with Gasteiger partial charge in [-0.25, -0.2) is 0 Å². The lowest BCUT2D eigenvalue weighted by atomic mass is 9.88. The number of carbonyl (C=O) groups excluding carboxylic acids is 1. The maximum absolute atomic E-state index is 12.0. The van der Waals surface area contributed by atoms with E-state index in [2.05, 4.69) is 21.5 Å². The van der Waals surface area contributed by atoms with Crippen molar-refractivity contribution < 1.29 is 9.32 Å². The zero-order chi connectivity index (χ0) is 16.6. The third-order valence-electron chi connectivity index (χ3n) is 4.82. The lowest BCUT2D eigenvalue weighted by Gasteiger charge is -2.13. The molecule has 0 saturated heterocycles. The molecule has 1 aromatic heterocycles. The minimum Gasteiger partial charge on any atom is -0.349 e. The molecule has 4 rings (SSSR count). The number of amides is 1. The monoisotopic (exact) mass is 322 g/mol. The smallest absolute Gasteiger partial charge is 0.251 e. The van der Waals surface area contributed by atoms with Crippen LogP contribution in [0.25, 0.3) is 11.4 Å². The second-order valence-corrected chi connectivity index (χ2v) is 6.65. The molecule has 0 atom stereocenters. The van der Waals surface area contributed by atoms with E-state index in [4.69, 9.17) is 4.52 Å². The summed E-state index contributed by atoms with van der Waals surface area (Å²) in [6, 6.07) is 9.84. The standard InChI is InChI=1S/C18H18N4O2/c19-11-18(9-1-2-10-18)17-21-15(22-24-17)12-3-5-13(6-4-12)16(23)20-14-7-8-14/h3-6,14H,1-2,7-10H2,(H,20,23). The Morgan fingerprint density at radius 3 is 2.58 bits per heavy atom. The molecule has 2 saturated carbocycles. The maximum atomic E-state index is 12.0. The molecular weight excluding hydrogens is 304 g/mol. The molecule has 0 spiro atoms. The molecule has 24 heavy (non-hydrogen) atoms. The van der Waals surface area contributed by atoms with E-state index in [1.807, 2.05) is 12.1 Å². The summed E-state index contributed by atoms with van der Waals surface area (Å²) in [5.74, 6) is 0.820. The van der Waals surface area contributed by atoms with Crippen molar-refractivity contribution in [3.05, 3.63) is 35.7 Å². The fraction of sp³-hybridized carbons (Fsp3) is 0.444. The summed E-state index contributed by atoms with van der Waals surface area (Å²) in [4.78, 5) is 16.4. The third kappa shape index (κ3) is 2.67. The van der Waals surface area contributed by atoms with Crippen LogP contribution in [0.4, 0.5) is 0 Å². The van der Waals surface area contributed by atoms with Gasteiger partial charge in [0.2, 0.25) is 11.7 Å². The van der Waals surface area contributed by atoms with Gasteiger partial charge in [0.25, 0.3) is 5.91 Å². The number of nitrogens with zero attached hydrogens (tertiary/aromatic N) is 3. The Bertz CT molecular complexity index is 793. The number of rotatable bonds is 4. The molecule has 6 nitrogen and oxygen atoms in total. The molecule has 1 aromatic carbocycles. The predicted octanol–water partition coefficient (Wildman–Crippen LogP) is 2.96. The number of nitriles is 1. The molecular formula is C18H18N4O2. The summed E-state index contributed by atoms with van der Waals surface area (Å²) in [6.45, 7) is 0. The summed E-state index contributed by atoms with van der Waals surface area (Å²) in [6.07, 6.45) is 5.69. The zero-order valence-corrected chi connectivity index (χ0v) is 13.3. The molecule has 0 radical (unpaired) electrons. The van der Waals surface area contributed by atoms with E-state index >= 15 is 0 Å². The summed E-state index contributed by atoms with van der Waals surface area (Å²) < 4.78 is 5.37. The third-order valence-corrected chi connectivity index (χ3v) is 4.82. The Morgan fingerprint density at radius 2 is 1.96 bits per heavy atom. The predicted molar refractivity (Wildman–Crippen MR) is 86.0 cm³/mol. The summed E-state index contributed by atoms with van der Waals surface area (Å²) >= 11 is 0. The summed E-state index contributed by atoms with van der Waals surface area (Å²) in [5.41, 5.74) is 0.771. The lowest BCUT2D eigenvalue weighted by molar-refractivity contribution is 0.0951. The SMILES string of the molecule is N#CC1(c2nc(-c3ccc(C(=O)NC4CC4)cc3)no2)CCCC1. The minimum atomic E-state index is -0.630. The Morgan fingerprint density at radius 1 is 1.25 bits per heavy atom. The van der Waals surface area contributed by atoms with E-state index in [1.54, 1.807) is 12.1 Å². The molecule has 1 heterocycles. The Labute approximate surface area is 139 Å². The first-order chi connectivity index (χ1) is 11.7. The van der Waals surface area contributed by atoms with Crippen LogP contribution in [-0.2, 0) is 5.41 Å². The van der Waals surface area contributed by atoms with Crippen molar-refractivity contribution in [3.8, 4) is 17.5 Å². The van der Waals surface area contributed by atoms with Crippen LogP contribution in [0.15, 0.2) is 28.8 Å². The molecule has 0 bridgehead atoms. The van der Waals surface area contributed by atoms with Gasteiger partial charge >= 0.3 is 0 Å². The first-order valence-electron chi connectivity index (χ1n) is 8.37. The van der Waals surface area contributed by atoms with Gasteiger partial charge in [-0.1, -0.05) is 30.1 Å². The topological polar surface area (TPSA) is 91.8 Å². The molecule has 1 N–H and O–H groups in total. The van der Waals surface area contributed by atoms with E-state index < -0.39 is 5.41 Å². The molecule has 2 aliphatic carbocycles. The fourth-order valence-electron chi connectivity index (χ4n) is 3.15. The molecule has 0 unspecified atom stereocenters. The van der Waals surface area contributed by atoms with Gasteiger partial charge in [0.1, 0.15) is 5.41 Å². The van der Waals surface area contributed by atoms with Gasteiger partial charge in [-0.05, 0) is 37.8 Å². The molecule has 122 valence electrons. The maximum Gasteiger partial charge on any atom is 0.251 e. The van der Waals surface area contributed by atoms with E-state index in [1.165, 1.54) is 0 Å². The van der Waals surface area contributed by atoms with Crippen molar-refractivity contribution in [1.29, 1.82) is 5.26 Å². The van der Waals surface area contributed by atoms with Crippen LogP contribution in [0.1, 0.15) is 54.8 Å². The lowest BCUT2D eigenvalue weighted by Crippen LogP contribution is -2.25. The van der Waals surface area contributed by atoms with Crippen LogP contribution < -0.4 is 5.32 Å². The molecule has 1 amide bonds. The number of nitrogens with one attached hydrogen (secondary N) is 1. The van der Waals surface area contributed by atoms with Gasteiger partial charge in [-0.15, -0.1) is 0 Å². The molecule has 2 aromatic rings. The first-order valence-corrected chi connectivity index (χ1v) is 8.37. The van der Waals surface area contributed by atoms with Gasteiger partial charge in [0.15, 0.2) is 0 Å². The van der Waals surface area contributed by atoms with Crippen molar-refractivity contribution in [2.75, 3.05) is 0 Å². The highest BCUT2D eigenvalue weighted by molar-refractivity contribution is 5.94.